The van der Waals surface area contributed by atoms with E-state index >= 15 is 0 Å². The fourth-order valence-corrected chi connectivity index (χ4v) is 4.97. The number of hydrogen-bond donors (Lipinski definition) is 1. The van der Waals surface area contributed by atoms with E-state index in [1.807, 2.05) is 30.3 Å². The van der Waals surface area contributed by atoms with Gasteiger partial charge in [0, 0.05) is 24.2 Å². The summed E-state index contributed by atoms with van der Waals surface area (Å²) >= 11 is 0. The van der Waals surface area contributed by atoms with Crippen LogP contribution in [-0.4, -0.2) is 42.3 Å². The van der Waals surface area contributed by atoms with Gasteiger partial charge in [0.15, 0.2) is 0 Å². The molecule has 0 saturated carbocycles. The van der Waals surface area contributed by atoms with Crippen LogP contribution in [0.4, 0.5) is 5.69 Å². The topological polar surface area (TPSA) is 90.8 Å². The number of rotatable bonds is 2. The lowest BCUT2D eigenvalue weighted by Crippen LogP contribution is -2.33. The van der Waals surface area contributed by atoms with Gasteiger partial charge in [0.05, 0.1) is 5.52 Å². The standard InChI is InChI=1S/C18H16N3O4PS/c1-20-17(23)10-21(27(20,24)25)18-15(22)7-12(8-16(18)26)13-6-11-4-2-3-5-14(11)19-9-13/h2-9,22H,10,26H2,1H3. The Morgan fingerprint density at radius 1 is 1.15 bits per heavy atom. The molecular formula is C18H16N3O4PS. The number of aromatic nitrogens is 1. The van der Waals surface area contributed by atoms with E-state index in [0.717, 1.165) is 20.8 Å². The number of carbonyl (C=O) groups is 1. The Morgan fingerprint density at radius 3 is 2.56 bits per heavy atom. The van der Waals surface area contributed by atoms with Gasteiger partial charge in [0.1, 0.15) is 18.0 Å². The third kappa shape index (κ3) is 2.81. The van der Waals surface area contributed by atoms with Crippen molar-refractivity contribution in [1.82, 2.24) is 9.29 Å². The Hall–Kier alpha value is -2.70. The van der Waals surface area contributed by atoms with Gasteiger partial charge in [-0.3, -0.25) is 9.78 Å². The summed E-state index contributed by atoms with van der Waals surface area (Å²) < 4.78 is 26.4. The molecule has 1 saturated heterocycles. The second-order valence-electron chi connectivity index (χ2n) is 6.23. The highest BCUT2D eigenvalue weighted by molar-refractivity contribution is 7.91. The van der Waals surface area contributed by atoms with Crippen molar-refractivity contribution in [3.63, 3.8) is 0 Å². The molecule has 3 aromatic rings. The Bertz CT molecular complexity index is 1170. The van der Waals surface area contributed by atoms with E-state index in [-0.39, 0.29) is 18.0 Å². The minimum Gasteiger partial charge on any atom is -0.506 e. The van der Waals surface area contributed by atoms with Crippen LogP contribution in [0.5, 0.6) is 5.75 Å². The van der Waals surface area contributed by atoms with Crippen LogP contribution in [0.15, 0.2) is 48.7 Å². The second-order valence-corrected chi connectivity index (χ2v) is 8.73. The average molecular weight is 401 g/mol. The molecule has 0 spiro atoms. The first-order valence-electron chi connectivity index (χ1n) is 8.06. The van der Waals surface area contributed by atoms with Gasteiger partial charge in [0.2, 0.25) is 0 Å². The number of pyridine rings is 1. The van der Waals surface area contributed by atoms with Crippen LogP contribution in [0, 0.1) is 0 Å². The van der Waals surface area contributed by atoms with E-state index in [9.17, 15) is 18.3 Å². The number of hydrogen-bond acceptors (Lipinski definition) is 5. The average Bonchev–Trinajstić information content (AvgIpc) is 2.84. The summed E-state index contributed by atoms with van der Waals surface area (Å²) in [4.78, 5) is 16.2. The van der Waals surface area contributed by atoms with Gasteiger partial charge in [-0.05, 0) is 35.1 Å². The lowest BCUT2D eigenvalue weighted by Gasteiger charge is -2.21. The smallest absolute Gasteiger partial charge is 0.329 e. The molecule has 1 amide bonds. The van der Waals surface area contributed by atoms with Crippen molar-refractivity contribution in [2.24, 2.45) is 0 Å². The van der Waals surface area contributed by atoms with E-state index in [1.54, 1.807) is 12.3 Å². The number of anilines is 1. The summed E-state index contributed by atoms with van der Waals surface area (Å²) in [6.07, 6.45) is 1.70. The van der Waals surface area contributed by atoms with E-state index < -0.39 is 16.1 Å². The minimum atomic E-state index is -3.99. The molecule has 2 heterocycles. The van der Waals surface area contributed by atoms with Crippen LogP contribution in [0.3, 0.4) is 0 Å². The monoisotopic (exact) mass is 401 g/mol. The largest absolute Gasteiger partial charge is 0.506 e. The van der Waals surface area contributed by atoms with E-state index in [4.69, 9.17) is 0 Å². The van der Waals surface area contributed by atoms with Crippen molar-refractivity contribution in [2.45, 2.75) is 0 Å². The minimum absolute atomic E-state index is 0.0789. The van der Waals surface area contributed by atoms with Crippen molar-refractivity contribution in [3.05, 3.63) is 48.7 Å². The fraction of sp³-hybridized carbons (Fsp3) is 0.111. The molecule has 0 aliphatic carbocycles. The maximum Gasteiger partial charge on any atom is 0.329 e. The number of aromatic hydroxyl groups is 1. The number of benzene rings is 2. The molecule has 4 rings (SSSR count). The summed E-state index contributed by atoms with van der Waals surface area (Å²) in [6.45, 7) is -0.343. The number of phenolic OH excluding ortho intramolecular Hbond substituents is 1. The maximum absolute atomic E-state index is 12.4. The maximum atomic E-state index is 12.4. The van der Waals surface area contributed by atoms with Crippen LogP contribution < -0.4 is 9.61 Å². The fourth-order valence-electron chi connectivity index (χ4n) is 3.08. The summed E-state index contributed by atoms with van der Waals surface area (Å²) in [5.74, 6) is -0.779. The molecule has 7 nitrogen and oxygen atoms in total. The molecule has 1 fully saturated rings. The van der Waals surface area contributed by atoms with Crippen LogP contribution in [0.25, 0.3) is 22.0 Å². The molecule has 0 bridgehead atoms. The number of fused-ring (bicyclic) bond motifs is 1. The Morgan fingerprint density at radius 2 is 1.89 bits per heavy atom. The summed E-state index contributed by atoms with van der Waals surface area (Å²) in [7, 11) is -0.363. The van der Waals surface area contributed by atoms with Crippen molar-refractivity contribution in [2.75, 3.05) is 17.9 Å². The van der Waals surface area contributed by atoms with Gasteiger partial charge < -0.3 is 5.11 Å². The van der Waals surface area contributed by atoms with Gasteiger partial charge in [0.25, 0.3) is 5.91 Å². The third-order valence-electron chi connectivity index (χ3n) is 4.55. The number of amides is 1. The molecule has 1 N–H and O–H groups in total. The Kier molecular flexibility index (Phi) is 4.05. The van der Waals surface area contributed by atoms with Gasteiger partial charge in [-0.15, -0.1) is 9.24 Å². The highest BCUT2D eigenvalue weighted by Crippen LogP contribution is 2.36. The third-order valence-corrected chi connectivity index (χ3v) is 6.75. The SMILES string of the molecule is CN1C(=O)CN(c2c(O)cc(-c3cnc4ccccc4c3)cc2P)S1(=O)=O. The molecule has 0 radical (unpaired) electrons. The number of likely N-dealkylation sites (N-methyl/N-ethyl adjacent to an activating group) is 1. The molecule has 9 heteroatoms. The van der Waals surface area contributed by atoms with Gasteiger partial charge in [-0.2, -0.15) is 8.42 Å². The molecule has 1 aromatic heterocycles. The molecule has 138 valence electrons. The van der Waals surface area contributed by atoms with Crippen molar-refractivity contribution >= 4 is 47.3 Å². The Balaban J connectivity index is 1.81. The first-order chi connectivity index (χ1) is 12.8. The van der Waals surface area contributed by atoms with Crippen molar-refractivity contribution in [1.29, 1.82) is 0 Å². The summed E-state index contributed by atoms with van der Waals surface area (Å²) in [6, 6.07) is 12.8. The number of para-hydroxylation sites is 1. The van der Waals surface area contributed by atoms with Gasteiger partial charge >= 0.3 is 10.2 Å². The molecule has 1 aliphatic heterocycles. The molecule has 27 heavy (non-hydrogen) atoms. The zero-order chi connectivity index (χ0) is 19.3. The van der Waals surface area contributed by atoms with Crippen LogP contribution >= 0.6 is 9.24 Å². The number of carbonyl (C=O) groups excluding carboxylic acids is 1. The summed E-state index contributed by atoms with van der Waals surface area (Å²) in [5.41, 5.74) is 2.42. The van der Waals surface area contributed by atoms with Gasteiger partial charge in [-0.25, -0.2) is 8.61 Å². The van der Waals surface area contributed by atoms with E-state index in [2.05, 4.69) is 14.2 Å². The normalized spacial score (nSPS) is 16.3. The van der Waals surface area contributed by atoms with Crippen molar-refractivity contribution < 1.29 is 18.3 Å². The summed E-state index contributed by atoms with van der Waals surface area (Å²) in [5, 5.41) is 12.0. The molecule has 1 atom stereocenters. The quantitative estimate of drug-likeness (QED) is 0.659. The lowest BCUT2D eigenvalue weighted by molar-refractivity contribution is -0.123. The number of phenols is 1. The van der Waals surface area contributed by atoms with E-state index in [0.29, 0.717) is 15.2 Å². The highest BCUT2D eigenvalue weighted by atomic mass is 32.2. The lowest BCUT2D eigenvalue weighted by atomic mass is 10.0. The van der Waals surface area contributed by atoms with Crippen molar-refractivity contribution in [3.8, 4) is 16.9 Å². The van der Waals surface area contributed by atoms with Crippen LogP contribution in [0.2, 0.25) is 0 Å². The van der Waals surface area contributed by atoms with Crippen LogP contribution in [0.1, 0.15) is 0 Å². The highest BCUT2D eigenvalue weighted by Gasteiger charge is 2.41. The van der Waals surface area contributed by atoms with Gasteiger partial charge in [-0.1, -0.05) is 18.2 Å². The predicted octanol–water partition coefficient (Wildman–Crippen LogP) is 1.63. The Labute approximate surface area is 158 Å². The molecule has 2 aromatic carbocycles. The number of nitrogens with zero attached hydrogens (tertiary/aromatic N) is 3. The molecule has 1 unspecified atom stereocenters. The zero-order valence-electron chi connectivity index (χ0n) is 14.3. The molecule has 1 aliphatic rings. The van der Waals surface area contributed by atoms with Crippen LogP contribution in [-0.2, 0) is 15.0 Å². The predicted molar refractivity (Wildman–Crippen MR) is 107 cm³/mol. The van der Waals surface area contributed by atoms with E-state index in [1.165, 1.54) is 13.1 Å². The second kappa shape index (κ2) is 6.18. The molecular weight excluding hydrogens is 385 g/mol. The first-order valence-corrected chi connectivity index (χ1v) is 10.0. The first kappa shape index (κ1) is 17.7. The zero-order valence-corrected chi connectivity index (χ0v) is 16.3.